The van der Waals surface area contributed by atoms with Crippen molar-refractivity contribution in [1.29, 1.82) is 0 Å². The van der Waals surface area contributed by atoms with E-state index in [2.05, 4.69) is 16.9 Å². The molecule has 0 aliphatic carbocycles. The highest BCUT2D eigenvalue weighted by atomic mass is 16.5. The summed E-state index contributed by atoms with van der Waals surface area (Å²) in [6, 6.07) is 13.4. The van der Waals surface area contributed by atoms with Crippen LogP contribution >= 0.6 is 0 Å². The average Bonchev–Trinajstić information content (AvgIpc) is 2.66. The van der Waals surface area contributed by atoms with Crippen LogP contribution in [0.2, 0.25) is 0 Å². The molecule has 28 heavy (non-hydrogen) atoms. The van der Waals surface area contributed by atoms with E-state index in [1.807, 2.05) is 58.9 Å². The summed E-state index contributed by atoms with van der Waals surface area (Å²) in [6.07, 6.45) is 1.38. The minimum absolute atomic E-state index is 0.221. The Balaban J connectivity index is 1.79. The monoisotopic (exact) mass is 382 g/mol. The van der Waals surface area contributed by atoms with Gasteiger partial charge >= 0.3 is 0 Å². The summed E-state index contributed by atoms with van der Waals surface area (Å²) in [5, 5.41) is 0. The number of nitrogens with one attached hydrogen (secondary N) is 2. The zero-order valence-electron chi connectivity index (χ0n) is 17.4. The van der Waals surface area contributed by atoms with Gasteiger partial charge < -0.3 is 4.74 Å². The molecule has 0 bridgehead atoms. The van der Waals surface area contributed by atoms with Gasteiger partial charge in [0.2, 0.25) is 5.91 Å². The van der Waals surface area contributed by atoms with E-state index in [1.54, 1.807) is 12.1 Å². The molecule has 2 N–H and O–H groups in total. The number of hydrogen-bond acceptors (Lipinski definition) is 3. The van der Waals surface area contributed by atoms with E-state index in [9.17, 15) is 9.59 Å². The number of aryl methyl sites for hydroxylation is 3. The molecule has 0 radical (unpaired) electrons. The molecule has 2 rings (SSSR count). The third kappa shape index (κ3) is 5.84. The number of ether oxygens (including phenoxy) is 1. The predicted octanol–water partition coefficient (Wildman–Crippen LogP) is 4.26. The van der Waals surface area contributed by atoms with Crippen LogP contribution in [-0.4, -0.2) is 18.4 Å². The second-order valence-corrected chi connectivity index (χ2v) is 7.83. The van der Waals surface area contributed by atoms with Crippen LogP contribution in [0.5, 0.6) is 5.75 Å². The molecule has 5 nitrogen and oxygen atoms in total. The molecule has 0 saturated heterocycles. The van der Waals surface area contributed by atoms with Crippen LogP contribution in [0.4, 0.5) is 0 Å². The highest BCUT2D eigenvalue weighted by Crippen LogP contribution is 2.24. The summed E-state index contributed by atoms with van der Waals surface area (Å²) >= 11 is 0. The highest BCUT2D eigenvalue weighted by Gasteiger charge is 2.27. The van der Waals surface area contributed by atoms with Crippen LogP contribution in [0.3, 0.4) is 0 Å². The second kappa shape index (κ2) is 9.40. The Morgan fingerprint density at radius 3 is 2.39 bits per heavy atom. The minimum atomic E-state index is -0.621. The van der Waals surface area contributed by atoms with Crippen molar-refractivity contribution in [3.05, 3.63) is 64.7 Å². The van der Waals surface area contributed by atoms with E-state index in [4.69, 9.17) is 4.74 Å². The Labute approximate surface area is 167 Å². The quantitative estimate of drug-likeness (QED) is 0.555. The fourth-order valence-electron chi connectivity index (χ4n) is 2.85. The summed E-state index contributed by atoms with van der Waals surface area (Å²) in [6.45, 7) is 10.2. The molecule has 5 heteroatoms. The molecule has 0 saturated carbocycles. The molecule has 0 unspecified atom stereocenters. The van der Waals surface area contributed by atoms with Crippen LogP contribution in [0.1, 0.15) is 53.7 Å². The first-order valence-electron chi connectivity index (χ1n) is 9.57. The fraction of sp³-hybridized carbons (Fsp3) is 0.391. The third-order valence-corrected chi connectivity index (χ3v) is 4.84. The number of carbonyl (C=O) groups is 2. The maximum atomic E-state index is 12.5. The molecule has 150 valence electrons. The maximum Gasteiger partial charge on any atom is 0.269 e. The molecular formula is C23H30N2O3. The van der Waals surface area contributed by atoms with Crippen molar-refractivity contribution < 1.29 is 14.3 Å². The lowest BCUT2D eigenvalue weighted by Gasteiger charge is -2.24. The van der Waals surface area contributed by atoms with Gasteiger partial charge in [0.15, 0.2) is 0 Å². The Morgan fingerprint density at radius 1 is 0.964 bits per heavy atom. The van der Waals surface area contributed by atoms with E-state index >= 15 is 0 Å². The van der Waals surface area contributed by atoms with Crippen molar-refractivity contribution in [2.75, 3.05) is 6.61 Å². The van der Waals surface area contributed by atoms with Gasteiger partial charge in [-0.15, -0.1) is 0 Å². The van der Waals surface area contributed by atoms with Crippen molar-refractivity contribution in [1.82, 2.24) is 10.9 Å². The molecule has 0 aliphatic heterocycles. The molecule has 2 aromatic carbocycles. The van der Waals surface area contributed by atoms with Crippen LogP contribution in [0.15, 0.2) is 42.5 Å². The normalized spacial score (nSPS) is 11.0. The van der Waals surface area contributed by atoms with Crippen LogP contribution in [-0.2, 0) is 4.79 Å². The summed E-state index contributed by atoms with van der Waals surface area (Å²) < 4.78 is 5.86. The van der Waals surface area contributed by atoms with Gasteiger partial charge in [-0.05, 0) is 62.4 Å². The number of amides is 2. The van der Waals surface area contributed by atoms with Gasteiger partial charge in [0.25, 0.3) is 5.91 Å². The van der Waals surface area contributed by atoms with Crippen molar-refractivity contribution in [3.63, 3.8) is 0 Å². The first-order valence-corrected chi connectivity index (χ1v) is 9.57. The molecule has 2 aromatic rings. The lowest BCUT2D eigenvalue weighted by Crippen LogP contribution is -2.47. The van der Waals surface area contributed by atoms with Gasteiger partial charge in [-0.2, -0.15) is 0 Å². The summed E-state index contributed by atoms with van der Waals surface area (Å²) in [7, 11) is 0. The Hall–Kier alpha value is -2.82. The van der Waals surface area contributed by atoms with Crippen LogP contribution in [0.25, 0.3) is 0 Å². The van der Waals surface area contributed by atoms with E-state index in [0.29, 0.717) is 18.6 Å². The molecule has 0 atom stereocenters. The van der Waals surface area contributed by atoms with Gasteiger partial charge in [0, 0.05) is 11.0 Å². The fourth-order valence-corrected chi connectivity index (χ4v) is 2.85. The zero-order chi connectivity index (χ0) is 20.7. The van der Waals surface area contributed by atoms with Crippen molar-refractivity contribution >= 4 is 11.8 Å². The van der Waals surface area contributed by atoms with Crippen molar-refractivity contribution in [2.45, 2.75) is 47.5 Å². The molecular weight excluding hydrogens is 352 g/mol. The van der Waals surface area contributed by atoms with Crippen LogP contribution in [0, 0.1) is 26.2 Å². The number of hydrazine groups is 1. The van der Waals surface area contributed by atoms with Gasteiger partial charge in [-0.1, -0.05) is 44.2 Å². The summed E-state index contributed by atoms with van der Waals surface area (Å²) in [5.41, 5.74) is 8.09. The molecule has 0 fully saturated rings. The second-order valence-electron chi connectivity index (χ2n) is 7.83. The number of carbonyl (C=O) groups excluding carboxylic acids is 2. The topological polar surface area (TPSA) is 67.4 Å². The van der Waals surface area contributed by atoms with Gasteiger partial charge in [0.1, 0.15) is 5.75 Å². The van der Waals surface area contributed by atoms with Gasteiger partial charge in [-0.3, -0.25) is 20.4 Å². The largest absolute Gasteiger partial charge is 0.493 e. The lowest BCUT2D eigenvalue weighted by atomic mass is 9.87. The first-order chi connectivity index (χ1) is 13.2. The summed E-state index contributed by atoms with van der Waals surface area (Å²) in [4.78, 5) is 24.7. The average molecular weight is 383 g/mol. The molecule has 0 heterocycles. The lowest BCUT2D eigenvalue weighted by molar-refractivity contribution is -0.130. The predicted molar refractivity (Wildman–Crippen MR) is 111 cm³/mol. The first kappa shape index (κ1) is 21.5. The van der Waals surface area contributed by atoms with Crippen molar-refractivity contribution in [3.8, 4) is 5.75 Å². The maximum absolute atomic E-state index is 12.5. The van der Waals surface area contributed by atoms with E-state index < -0.39 is 5.41 Å². The van der Waals surface area contributed by atoms with Gasteiger partial charge in [-0.25, -0.2) is 0 Å². The Kier molecular flexibility index (Phi) is 7.21. The Bertz CT molecular complexity index is 843. The summed E-state index contributed by atoms with van der Waals surface area (Å²) in [5.74, 6) is 0.342. The standard InChI is InChI=1S/C23H30N2O3/c1-16-11-12-18(3)20(15-16)28-14-8-13-23(4,5)22(27)25-24-21(26)19-10-7-6-9-17(19)2/h6-7,9-12,15H,8,13-14H2,1-5H3,(H,24,26)(H,25,27). The van der Waals surface area contributed by atoms with Crippen LogP contribution < -0.4 is 15.6 Å². The SMILES string of the molecule is Cc1ccc(C)c(OCCCC(C)(C)C(=O)NNC(=O)c2ccccc2C)c1. The Morgan fingerprint density at radius 2 is 1.68 bits per heavy atom. The highest BCUT2D eigenvalue weighted by molar-refractivity contribution is 5.97. The van der Waals surface area contributed by atoms with E-state index in [0.717, 1.165) is 28.9 Å². The molecule has 0 spiro atoms. The van der Waals surface area contributed by atoms with Gasteiger partial charge in [0.05, 0.1) is 6.61 Å². The van der Waals surface area contributed by atoms with Crippen molar-refractivity contribution in [2.24, 2.45) is 5.41 Å². The molecule has 0 aliphatic rings. The number of rotatable bonds is 7. The minimum Gasteiger partial charge on any atom is -0.493 e. The van der Waals surface area contributed by atoms with E-state index in [1.165, 1.54) is 0 Å². The molecule has 2 amide bonds. The smallest absolute Gasteiger partial charge is 0.269 e. The number of benzene rings is 2. The molecule has 0 aromatic heterocycles. The van der Waals surface area contributed by atoms with E-state index in [-0.39, 0.29) is 11.8 Å². The zero-order valence-corrected chi connectivity index (χ0v) is 17.4. The third-order valence-electron chi connectivity index (χ3n) is 4.84. The number of hydrogen-bond donors (Lipinski definition) is 2.